The summed E-state index contributed by atoms with van der Waals surface area (Å²) in [6.45, 7) is 2.34. The number of rotatable bonds is 3. The average molecular weight is 351 g/mol. The first kappa shape index (κ1) is 16.4. The van der Waals surface area contributed by atoms with Crippen molar-refractivity contribution >= 4 is 11.3 Å². The van der Waals surface area contributed by atoms with E-state index in [1.807, 2.05) is 0 Å². The fourth-order valence-electron chi connectivity index (χ4n) is 5.56. The predicted octanol–water partition coefficient (Wildman–Crippen LogP) is 5.86. The standard InChI is InChI=1S/C26H25N/c1-19-17-26(18-20-11-5-3-6-12-20)22-15-9-10-16-23(22)27(2)25(26)24(19)21-13-7-4-8-14-21/h3-16,25H,17-18H2,1-2H3/t25-,26+/m0/s1. The highest BCUT2D eigenvalue weighted by Gasteiger charge is 2.55. The summed E-state index contributed by atoms with van der Waals surface area (Å²) in [7, 11) is 2.28. The number of nitrogens with zero attached hydrogens (tertiary/aromatic N) is 1. The van der Waals surface area contributed by atoms with Gasteiger partial charge in [-0.15, -0.1) is 0 Å². The normalized spacial score (nSPS) is 23.5. The van der Waals surface area contributed by atoms with Crippen molar-refractivity contribution in [1.29, 1.82) is 0 Å². The molecule has 0 spiro atoms. The molecule has 0 saturated carbocycles. The van der Waals surface area contributed by atoms with Gasteiger partial charge in [-0.1, -0.05) is 84.4 Å². The molecule has 0 aromatic heterocycles. The molecule has 0 fully saturated rings. The Morgan fingerprint density at radius 3 is 2.22 bits per heavy atom. The monoisotopic (exact) mass is 351 g/mol. The minimum absolute atomic E-state index is 0.113. The molecule has 0 N–H and O–H groups in total. The van der Waals surface area contributed by atoms with Crippen molar-refractivity contribution in [2.24, 2.45) is 0 Å². The zero-order valence-electron chi connectivity index (χ0n) is 16.0. The molecule has 0 radical (unpaired) electrons. The Kier molecular flexibility index (Phi) is 3.72. The van der Waals surface area contributed by atoms with Gasteiger partial charge in [0, 0.05) is 18.2 Å². The lowest BCUT2D eigenvalue weighted by Crippen LogP contribution is -2.42. The van der Waals surface area contributed by atoms with E-state index in [-0.39, 0.29) is 5.41 Å². The molecule has 134 valence electrons. The van der Waals surface area contributed by atoms with Gasteiger partial charge in [0.05, 0.1) is 6.04 Å². The van der Waals surface area contributed by atoms with Crippen molar-refractivity contribution in [2.75, 3.05) is 11.9 Å². The zero-order chi connectivity index (χ0) is 18.4. The number of hydrogen-bond acceptors (Lipinski definition) is 1. The third-order valence-electron chi connectivity index (χ3n) is 6.49. The van der Waals surface area contributed by atoms with Gasteiger partial charge in [0.25, 0.3) is 0 Å². The van der Waals surface area contributed by atoms with Crippen molar-refractivity contribution in [3.8, 4) is 0 Å². The Hall–Kier alpha value is -2.80. The molecule has 1 heteroatoms. The van der Waals surface area contributed by atoms with Crippen LogP contribution < -0.4 is 4.90 Å². The Morgan fingerprint density at radius 1 is 0.852 bits per heavy atom. The molecule has 1 nitrogen and oxygen atoms in total. The summed E-state index contributed by atoms with van der Waals surface area (Å²) in [6.07, 6.45) is 2.20. The SMILES string of the molecule is CC1=C(c2ccccc2)[C@@H]2N(C)c3ccccc3[C@]2(Cc2ccccc2)C1. The Labute approximate surface area is 162 Å². The molecule has 0 saturated heterocycles. The topological polar surface area (TPSA) is 3.24 Å². The Morgan fingerprint density at radius 2 is 1.48 bits per heavy atom. The summed E-state index contributed by atoms with van der Waals surface area (Å²) in [5.41, 5.74) is 8.85. The maximum atomic E-state index is 2.52. The largest absolute Gasteiger partial charge is 0.366 e. The van der Waals surface area contributed by atoms with Gasteiger partial charge >= 0.3 is 0 Å². The van der Waals surface area contributed by atoms with E-state index < -0.39 is 0 Å². The van der Waals surface area contributed by atoms with Crippen LogP contribution in [0.15, 0.2) is 90.5 Å². The third-order valence-corrected chi connectivity index (χ3v) is 6.49. The van der Waals surface area contributed by atoms with Gasteiger partial charge in [0.2, 0.25) is 0 Å². The molecule has 5 rings (SSSR count). The van der Waals surface area contributed by atoms with Gasteiger partial charge in [-0.25, -0.2) is 0 Å². The second kappa shape index (κ2) is 6.13. The maximum Gasteiger partial charge on any atom is 0.0648 e. The van der Waals surface area contributed by atoms with Crippen molar-refractivity contribution in [3.05, 3.63) is 107 Å². The lowest BCUT2D eigenvalue weighted by molar-refractivity contribution is 0.425. The van der Waals surface area contributed by atoms with Crippen LogP contribution in [0.25, 0.3) is 5.57 Å². The molecule has 1 heterocycles. The molecule has 3 aromatic carbocycles. The molecule has 0 amide bonds. The van der Waals surface area contributed by atoms with Crippen molar-refractivity contribution < 1.29 is 0 Å². The van der Waals surface area contributed by atoms with E-state index in [1.165, 1.54) is 33.5 Å². The van der Waals surface area contributed by atoms with E-state index in [0.717, 1.165) is 12.8 Å². The van der Waals surface area contributed by atoms with Crippen LogP contribution >= 0.6 is 0 Å². The molecule has 0 bridgehead atoms. The predicted molar refractivity (Wildman–Crippen MR) is 114 cm³/mol. The van der Waals surface area contributed by atoms with E-state index in [2.05, 4.69) is 104 Å². The van der Waals surface area contributed by atoms with E-state index >= 15 is 0 Å². The van der Waals surface area contributed by atoms with Gasteiger partial charge in [0.1, 0.15) is 0 Å². The summed E-state index contributed by atoms with van der Waals surface area (Å²) in [4.78, 5) is 2.52. The lowest BCUT2D eigenvalue weighted by Gasteiger charge is -2.35. The smallest absolute Gasteiger partial charge is 0.0648 e. The van der Waals surface area contributed by atoms with Gasteiger partial charge in [-0.05, 0) is 48.1 Å². The highest BCUT2D eigenvalue weighted by Crippen LogP contribution is 2.58. The molecule has 2 atom stereocenters. The summed E-state index contributed by atoms with van der Waals surface area (Å²) in [5.74, 6) is 0. The van der Waals surface area contributed by atoms with Crippen LogP contribution in [0.1, 0.15) is 30.0 Å². The van der Waals surface area contributed by atoms with Crippen LogP contribution in [-0.4, -0.2) is 13.1 Å². The van der Waals surface area contributed by atoms with Crippen molar-refractivity contribution in [2.45, 2.75) is 31.2 Å². The highest BCUT2D eigenvalue weighted by molar-refractivity contribution is 5.85. The van der Waals surface area contributed by atoms with E-state index in [0.29, 0.717) is 6.04 Å². The summed E-state index contributed by atoms with van der Waals surface area (Å²) in [6, 6.07) is 31.4. The van der Waals surface area contributed by atoms with Crippen LogP contribution in [0, 0.1) is 0 Å². The number of allylic oxidation sites excluding steroid dienone is 1. The van der Waals surface area contributed by atoms with Crippen LogP contribution in [0.5, 0.6) is 0 Å². The Bertz CT molecular complexity index is 1000. The maximum absolute atomic E-state index is 2.52. The molecule has 1 aliphatic heterocycles. The van der Waals surface area contributed by atoms with E-state index in [1.54, 1.807) is 0 Å². The second-order valence-corrected chi connectivity index (χ2v) is 8.09. The molecule has 2 aliphatic rings. The third kappa shape index (κ3) is 2.38. The fraction of sp³-hybridized carbons (Fsp3) is 0.231. The number of benzene rings is 3. The number of fused-ring (bicyclic) bond motifs is 3. The van der Waals surface area contributed by atoms with Gasteiger partial charge < -0.3 is 4.90 Å². The van der Waals surface area contributed by atoms with Crippen molar-refractivity contribution in [3.63, 3.8) is 0 Å². The highest BCUT2D eigenvalue weighted by atomic mass is 15.2. The first-order valence-electron chi connectivity index (χ1n) is 9.82. The minimum Gasteiger partial charge on any atom is -0.366 e. The minimum atomic E-state index is 0.113. The summed E-state index contributed by atoms with van der Waals surface area (Å²) in [5, 5.41) is 0. The molecule has 3 aromatic rings. The van der Waals surface area contributed by atoms with Gasteiger partial charge in [-0.3, -0.25) is 0 Å². The number of para-hydroxylation sites is 1. The fourth-order valence-corrected chi connectivity index (χ4v) is 5.56. The number of likely N-dealkylation sites (N-methyl/N-ethyl adjacent to an activating group) is 1. The second-order valence-electron chi connectivity index (χ2n) is 8.09. The van der Waals surface area contributed by atoms with E-state index in [4.69, 9.17) is 0 Å². The van der Waals surface area contributed by atoms with Crippen LogP contribution in [0.3, 0.4) is 0 Å². The number of hydrogen-bond donors (Lipinski definition) is 0. The first-order valence-corrected chi connectivity index (χ1v) is 9.82. The molecule has 1 aliphatic carbocycles. The summed E-state index contributed by atoms with van der Waals surface area (Å²) >= 11 is 0. The van der Waals surface area contributed by atoms with Gasteiger partial charge in [-0.2, -0.15) is 0 Å². The first-order chi connectivity index (χ1) is 13.2. The van der Waals surface area contributed by atoms with E-state index in [9.17, 15) is 0 Å². The van der Waals surface area contributed by atoms with Crippen LogP contribution in [0.4, 0.5) is 5.69 Å². The van der Waals surface area contributed by atoms with Gasteiger partial charge in [0.15, 0.2) is 0 Å². The average Bonchev–Trinajstić information content (AvgIpc) is 3.12. The number of anilines is 1. The molecular weight excluding hydrogens is 326 g/mol. The summed E-state index contributed by atoms with van der Waals surface area (Å²) < 4.78 is 0. The molecule has 27 heavy (non-hydrogen) atoms. The lowest BCUT2D eigenvalue weighted by atomic mass is 9.71. The quantitative estimate of drug-likeness (QED) is 0.571. The van der Waals surface area contributed by atoms with Crippen LogP contribution in [-0.2, 0) is 11.8 Å². The van der Waals surface area contributed by atoms with Crippen molar-refractivity contribution in [1.82, 2.24) is 0 Å². The zero-order valence-corrected chi connectivity index (χ0v) is 16.0. The molecule has 0 unspecified atom stereocenters. The van der Waals surface area contributed by atoms with Crippen LogP contribution in [0.2, 0.25) is 0 Å². The molecular formula is C26H25N. The Balaban J connectivity index is 1.69.